The fourth-order valence-electron chi connectivity index (χ4n) is 3.65. The average molecular weight is 572 g/mol. The van der Waals surface area contributed by atoms with Crippen molar-refractivity contribution in [3.63, 3.8) is 0 Å². The van der Waals surface area contributed by atoms with Gasteiger partial charge in [-0.1, -0.05) is 42.5 Å². The summed E-state index contributed by atoms with van der Waals surface area (Å²) in [6.07, 6.45) is 1.64. The Hall–Kier alpha value is -4.34. The van der Waals surface area contributed by atoms with Crippen molar-refractivity contribution in [1.82, 2.24) is 5.32 Å². The zero-order chi connectivity index (χ0) is 28.3. The van der Waals surface area contributed by atoms with Gasteiger partial charge in [0, 0.05) is 21.0 Å². The third-order valence-electron chi connectivity index (χ3n) is 5.58. The van der Waals surface area contributed by atoms with Crippen molar-refractivity contribution in [2.24, 2.45) is 0 Å². The van der Waals surface area contributed by atoms with Gasteiger partial charge in [0.25, 0.3) is 11.8 Å². The molecule has 0 aliphatic carbocycles. The molecule has 0 aliphatic heterocycles. The fourth-order valence-corrected chi connectivity index (χ4v) is 5.23. The van der Waals surface area contributed by atoms with Crippen LogP contribution in [0.3, 0.4) is 0 Å². The van der Waals surface area contributed by atoms with Gasteiger partial charge in [0.2, 0.25) is 5.91 Å². The Kier molecular flexibility index (Phi) is 10.1. The molecule has 1 unspecified atom stereocenters. The first kappa shape index (κ1) is 28.7. The van der Waals surface area contributed by atoms with Crippen LogP contribution in [0.2, 0.25) is 0 Å². The molecule has 1 atom stereocenters. The van der Waals surface area contributed by atoms with E-state index in [1.807, 2.05) is 61.7 Å². The lowest BCUT2D eigenvalue weighted by Crippen LogP contribution is -2.30. The zero-order valence-electron chi connectivity index (χ0n) is 22.0. The summed E-state index contributed by atoms with van der Waals surface area (Å²) in [5.74, 6) is -0.394. The van der Waals surface area contributed by atoms with Crippen LogP contribution in [-0.4, -0.2) is 29.6 Å². The second kappa shape index (κ2) is 14.2. The van der Waals surface area contributed by atoms with Gasteiger partial charge in [-0.25, -0.2) is 0 Å². The molecule has 4 rings (SSSR count). The van der Waals surface area contributed by atoms with Gasteiger partial charge in [0.1, 0.15) is 11.4 Å². The zero-order valence-corrected chi connectivity index (χ0v) is 23.7. The van der Waals surface area contributed by atoms with Gasteiger partial charge < -0.3 is 20.7 Å². The number of carbonyl (C=O) groups excluding carboxylic acids is 3. The molecule has 0 saturated carbocycles. The third kappa shape index (κ3) is 8.08. The standard InChI is InChI=1S/C31H29N3O4S2/c1-3-38-28-17-8-7-16-26(28)33-29(35)21(2)40-25-14-9-13-23(19-25)32-31(37)27(20-24-15-10-18-39-24)34-30(36)22-11-5-4-6-12-22/h4-21H,3H2,1-2H3,(H,32,37)(H,33,35)(H,34,36)/b27-20-. The Morgan fingerprint density at radius 1 is 0.925 bits per heavy atom. The van der Waals surface area contributed by atoms with Gasteiger partial charge in [-0.3, -0.25) is 14.4 Å². The lowest BCUT2D eigenvalue weighted by molar-refractivity contribution is -0.115. The molecule has 3 amide bonds. The first-order chi connectivity index (χ1) is 19.4. The number of nitrogens with one attached hydrogen (secondary N) is 3. The lowest BCUT2D eigenvalue weighted by atomic mass is 10.2. The van der Waals surface area contributed by atoms with Crippen LogP contribution in [-0.2, 0) is 9.59 Å². The lowest BCUT2D eigenvalue weighted by Gasteiger charge is -2.15. The van der Waals surface area contributed by atoms with E-state index in [1.54, 1.807) is 54.6 Å². The number of anilines is 2. The molecule has 0 fully saturated rings. The number of ether oxygens (including phenoxy) is 1. The van der Waals surface area contributed by atoms with E-state index in [2.05, 4.69) is 16.0 Å². The van der Waals surface area contributed by atoms with Crippen molar-refractivity contribution >= 4 is 58.3 Å². The molecule has 9 heteroatoms. The maximum absolute atomic E-state index is 13.3. The van der Waals surface area contributed by atoms with E-state index < -0.39 is 11.2 Å². The molecule has 3 N–H and O–H groups in total. The molecular weight excluding hydrogens is 542 g/mol. The number of benzene rings is 3. The quantitative estimate of drug-likeness (QED) is 0.138. The fraction of sp³-hybridized carbons (Fsp3) is 0.129. The second-order valence-electron chi connectivity index (χ2n) is 8.55. The topological polar surface area (TPSA) is 96.5 Å². The van der Waals surface area contributed by atoms with Crippen LogP contribution in [0, 0.1) is 0 Å². The maximum atomic E-state index is 13.3. The minimum Gasteiger partial charge on any atom is -0.492 e. The Labute approximate surface area is 241 Å². The van der Waals surface area contributed by atoms with E-state index in [0.717, 1.165) is 9.77 Å². The van der Waals surface area contributed by atoms with Crippen molar-refractivity contribution in [3.8, 4) is 5.75 Å². The average Bonchev–Trinajstić information content (AvgIpc) is 3.47. The molecular formula is C31H29N3O4S2. The van der Waals surface area contributed by atoms with Gasteiger partial charge in [0.05, 0.1) is 17.5 Å². The number of rotatable bonds is 11. The van der Waals surface area contributed by atoms with Crippen LogP contribution >= 0.6 is 23.1 Å². The van der Waals surface area contributed by atoms with Crippen LogP contribution in [0.5, 0.6) is 5.75 Å². The van der Waals surface area contributed by atoms with Gasteiger partial charge in [0.15, 0.2) is 0 Å². The van der Waals surface area contributed by atoms with Crippen LogP contribution < -0.4 is 20.7 Å². The second-order valence-corrected chi connectivity index (χ2v) is 10.9. The molecule has 40 heavy (non-hydrogen) atoms. The minimum absolute atomic E-state index is 0.120. The number of amides is 3. The molecule has 7 nitrogen and oxygen atoms in total. The normalized spacial score (nSPS) is 11.8. The highest BCUT2D eigenvalue weighted by molar-refractivity contribution is 8.00. The Bertz CT molecular complexity index is 1490. The first-order valence-corrected chi connectivity index (χ1v) is 14.4. The summed E-state index contributed by atoms with van der Waals surface area (Å²) >= 11 is 2.82. The highest BCUT2D eigenvalue weighted by Crippen LogP contribution is 2.29. The third-order valence-corrected chi connectivity index (χ3v) is 7.49. The monoisotopic (exact) mass is 571 g/mol. The number of hydrogen-bond acceptors (Lipinski definition) is 6. The van der Waals surface area contributed by atoms with Gasteiger partial charge in [-0.15, -0.1) is 23.1 Å². The molecule has 0 radical (unpaired) electrons. The predicted octanol–water partition coefficient (Wildman–Crippen LogP) is 6.68. The van der Waals surface area contributed by atoms with Gasteiger partial charge >= 0.3 is 0 Å². The predicted molar refractivity (Wildman–Crippen MR) is 163 cm³/mol. The molecule has 0 bridgehead atoms. The number of carbonyl (C=O) groups is 3. The maximum Gasteiger partial charge on any atom is 0.272 e. The van der Waals surface area contributed by atoms with E-state index in [1.165, 1.54) is 23.1 Å². The van der Waals surface area contributed by atoms with Crippen molar-refractivity contribution in [1.29, 1.82) is 0 Å². The summed E-state index contributed by atoms with van der Waals surface area (Å²) in [5.41, 5.74) is 1.72. The SMILES string of the molecule is CCOc1ccccc1NC(=O)C(C)Sc1cccc(NC(=O)/C(=C/c2cccs2)NC(=O)c2ccccc2)c1. The first-order valence-electron chi connectivity index (χ1n) is 12.7. The smallest absolute Gasteiger partial charge is 0.272 e. The van der Waals surface area contributed by atoms with E-state index in [9.17, 15) is 14.4 Å². The molecule has 1 aromatic heterocycles. The molecule has 0 spiro atoms. The molecule has 204 valence electrons. The number of hydrogen-bond donors (Lipinski definition) is 3. The highest BCUT2D eigenvalue weighted by Gasteiger charge is 2.18. The number of para-hydroxylation sites is 2. The summed E-state index contributed by atoms with van der Waals surface area (Å²) in [6.45, 7) is 4.20. The summed E-state index contributed by atoms with van der Waals surface area (Å²) in [5, 5.41) is 10.0. The largest absolute Gasteiger partial charge is 0.492 e. The van der Waals surface area contributed by atoms with Gasteiger partial charge in [-0.2, -0.15) is 0 Å². The van der Waals surface area contributed by atoms with E-state index in [4.69, 9.17) is 4.74 Å². The summed E-state index contributed by atoms with van der Waals surface area (Å²) in [6, 6.07) is 27.0. The van der Waals surface area contributed by atoms with E-state index >= 15 is 0 Å². The summed E-state index contributed by atoms with van der Waals surface area (Å²) in [4.78, 5) is 40.6. The van der Waals surface area contributed by atoms with Crippen LogP contribution in [0.1, 0.15) is 29.1 Å². The van der Waals surface area contributed by atoms with Crippen LogP contribution in [0.25, 0.3) is 6.08 Å². The summed E-state index contributed by atoms with van der Waals surface area (Å²) < 4.78 is 5.60. The van der Waals surface area contributed by atoms with Crippen LogP contribution in [0.15, 0.2) is 107 Å². The van der Waals surface area contributed by atoms with Crippen molar-refractivity contribution < 1.29 is 19.1 Å². The van der Waals surface area contributed by atoms with Crippen molar-refractivity contribution in [2.45, 2.75) is 24.0 Å². The molecule has 3 aromatic carbocycles. The van der Waals surface area contributed by atoms with Crippen LogP contribution in [0.4, 0.5) is 11.4 Å². The summed E-state index contributed by atoms with van der Waals surface area (Å²) in [7, 11) is 0. The van der Waals surface area contributed by atoms with E-state index in [-0.39, 0.29) is 17.5 Å². The Morgan fingerprint density at radius 2 is 1.70 bits per heavy atom. The molecule has 0 saturated heterocycles. The molecule has 0 aliphatic rings. The minimum atomic E-state index is -0.460. The number of thiophene rings is 1. The van der Waals surface area contributed by atoms with Crippen molar-refractivity contribution in [3.05, 3.63) is 113 Å². The Morgan fingerprint density at radius 3 is 2.45 bits per heavy atom. The highest BCUT2D eigenvalue weighted by atomic mass is 32.2. The van der Waals surface area contributed by atoms with Crippen molar-refractivity contribution in [2.75, 3.05) is 17.2 Å². The van der Waals surface area contributed by atoms with Gasteiger partial charge in [-0.05, 0) is 73.8 Å². The Balaban J connectivity index is 1.44. The molecule has 4 aromatic rings. The molecule has 1 heterocycles. The van der Waals surface area contributed by atoms with E-state index in [0.29, 0.717) is 29.3 Å². The number of thioether (sulfide) groups is 1.